The zero-order valence-electron chi connectivity index (χ0n) is 9.40. The van der Waals surface area contributed by atoms with E-state index in [0.717, 1.165) is 0 Å². The van der Waals surface area contributed by atoms with Gasteiger partial charge < -0.3 is 5.32 Å². The Bertz CT molecular complexity index is 516. The van der Waals surface area contributed by atoms with Crippen LogP contribution in [0, 0.1) is 0 Å². The number of halogens is 3. The van der Waals surface area contributed by atoms with Gasteiger partial charge in [-0.1, -0.05) is 23.2 Å². The van der Waals surface area contributed by atoms with Gasteiger partial charge in [-0.3, -0.25) is 0 Å². The average Bonchev–Trinajstić information content (AvgIpc) is 2.33. The highest BCUT2D eigenvalue weighted by atomic mass is 35.5. The molecular formula is C10H13Cl3N2O2S. The van der Waals surface area contributed by atoms with Gasteiger partial charge in [0.05, 0.1) is 14.9 Å². The van der Waals surface area contributed by atoms with Gasteiger partial charge in [-0.2, -0.15) is 4.31 Å². The highest BCUT2D eigenvalue weighted by molar-refractivity contribution is 7.89. The predicted molar refractivity (Wildman–Crippen MR) is 75.3 cm³/mol. The van der Waals surface area contributed by atoms with Crippen LogP contribution < -0.4 is 5.32 Å². The largest absolute Gasteiger partial charge is 0.314 e. The molecule has 102 valence electrons. The minimum atomic E-state index is -3.45. The van der Waals surface area contributed by atoms with E-state index in [1.54, 1.807) is 0 Å². The van der Waals surface area contributed by atoms with E-state index < -0.39 is 10.0 Å². The lowest BCUT2D eigenvalue weighted by atomic mass is 10.4. The standard InChI is InChI=1S/C10H12Cl2N2O2S.ClH/c11-9-2-1-8(7-10(9)12)17(15,16)14-5-3-13-4-6-14;/h1-2,7,13H,3-6H2;1H. The van der Waals surface area contributed by atoms with E-state index in [4.69, 9.17) is 23.2 Å². The van der Waals surface area contributed by atoms with Crippen LogP contribution in [0.2, 0.25) is 10.0 Å². The number of hydrogen-bond acceptors (Lipinski definition) is 3. The zero-order valence-corrected chi connectivity index (χ0v) is 12.5. The molecule has 4 nitrogen and oxygen atoms in total. The number of piperazine rings is 1. The molecule has 1 aliphatic heterocycles. The molecule has 2 rings (SSSR count). The normalized spacial score (nSPS) is 17.2. The maximum atomic E-state index is 12.2. The molecule has 1 aromatic carbocycles. The van der Waals surface area contributed by atoms with Crippen LogP contribution >= 0.6 is 35.6 Å². The number of hydrogen-bond donors (Lipinski definition) is 1. The first kappa shape index (κ1) is 16.0. The molecule has 0 aliphatic carbocycles. The summed E-state index contributed by atoms with van der Waals surface area (Å²) in [6.07, 6.45) is 0. The van der Waals surface area contributed by atoms with E-state index in [9.17, 15) is 8.42 Å². The van der Waals surface area contributed by atoms with Crippen molar-refractivity contribution < 1.29 is 8.42 Å². The third-order valence-corrected chi connectivity index (χ3v) is 5.24. The van der Waals surface area contributed by atoms with Gasteiger partial charge in [0.15, 0.2) is 0 Å². The van der Waals surface area contributed by atoms with Crippen molar-refractivity contribution >= 4 is 45.6 Å². The quantitative estimate of drug-likeness (QED) is 0.902. The number of rotatable bonds is 2. The van der Waals surface area contributed by atoms with E-state index in [1.807, 2.05) is 0 Å². The minimum Gasteiger partial charge on any atom is -0.314 e. The van der Waals surface area contributed by atoms with Crippen LogP contribution in [-0.4, -0.2) is 38.9 Å². The van der Waals surface area contributed by atoms with Crippen LogP contribution in [0.15, 0.2) is 23.1 Å². The molecular weight excluding hydrogens is 319 g/mol. The van der Waals surface area contributed by atoms with Crippen molar-refractivity contribution in [3.05, 3.63) is 28.2 Å². The second kappa shape index (κ2) is 6.41. The summed E-state index contributed by atoms with van der Waals surface area (Å²) in [5.74, 6) is 0. The number of benzene rings is 1. The van der Waals surface area contributed by atoms with Crippen LogP contribution in [0.1, 0.15) is 0 Å². The summed E-state index contributed by atoms with van der Waals surface area (Å²) in [5.41, 5.74) is 0. The molecule has 0 bridgehead atoms. The van der Waals surface area contributed by atoms with Gasteiger partial charge >= 0.3 is 0 Å². The Morgan fingerprint density at radius 2 is 1.72 bits per heavy atom. The molecule has 1 N–H and O–H groups in total. The molecule has 0 atom stereocenters. The smallest absolute Gasteiger partial charge is 0.243 e. The molecule has 0 spiro atoms. The number of nitrogens with one attached hydrogen (secondary N) is 1. The topological polar surface area (TPSA) is 49.4 Å². The Labute approximate surface area is 123 Å². The summed E-state index contributed by atoms with van der Waals surface area (Å²) in [6.45, 7) is 2.28. The Hall–Kier alpha value is -0.0400. The van der Waals surface area contributed by atoms with Crippen molar-refractivity contribution in [2.75, 3.05) is 26.2 Å². The molecule has 0 radical (unpaired) electrons. The molecule has 1 heterocycles. The van der Waals surface area contributed by atoms with Gasteiger partial charge in [-0.25, -0.2) is 8.42 Å². The van der Waals surface area contributed by atoms with Gasteiger partial charge in [0.25, 0.3) is 0 Å². The molecule has 1 aliphatic rings. The molecule has 0 saturated carbocycles. The first-order chi connectivity index (χ1) is 8.01. The maximum absolute atomic E-state index is 12.2. The Balaban J connectivity index is 0.00000162. The maximum Gasteiger partial charge on any atom is 0.243 e. The highest BCUT2D eigenvalue weighted by Gasteiger charge is 2.26. The molecule has 1 fully saturated rings. The summed E-state index contributed by atoms with van der Waals surface area (Å²) in [7, 11) is -3.45. The van der Waals surface area contributed by atoms with Crippen molar-refractivity contribution in [2.24, 2.45) is 0 Å². The molecule has 0 aromatic heterocycles. The fourth-order valence-corrected chi connectivity index (χ4v) is 3.50. The van der Waals surface area contributed by atoms with E-state index in [2.05, 4.69) is 5.32 Å². The van der Waals surface area contributed by atoms with E-state index in [0.29, 0.717) is 31.2 Å². The molecule has 1 aromatic rings. The van der Waals surface area contributed by atoms with Crippen molar-refractivity contribution in [3.8, 4) is 0 Å². The third-order valence-electron chi connectivity index (χ3n) is 2.60. The summed E-state index contributed by atoms with van der Waals surface area (Å²) < 4.78 is 25.9. The first-order valence-corrected chi connectivity index (χ1v) is 7.37. The van der Waals surface area contributed by atoms with Gasteiger partial charge in [0.1, 0.15) is 0 Å². The molecule has 18 heavy (non-hydrogen) atoms. The predicted octanol–water partition coefficient (Wildman–Crippen LogP) is 2.01. The Morgan fingerprint density at radius 3 is 2.28 bits per heavy atom. The molecule has 0 amide bonds. The lowest BCUT2D eigenvalue weighted by molar-refractivity contribution is 0.360. The van der Waals surface area contributed by atoms with Gasteiger partial charge in [0, 0.05) is 26.2 Å². The van der Waals surface area contributed by atoms with Crippen LogP contribution in [0.5, 0.6) is 0 Å². The van der Waals surface area contributed by atoms with E-state index in [1.165, 1.54) is 22.5 Å². The Kier molecular flexibility index (Phi) is 5.70. The van der Waals surface area contributed by atoms with Crippen molar-refractivity contribution in [2.45, 2.75) is 4.90 Å². The van der Waals surface area contributed by atoms with Crippen LogP contribution in [0.25, 0.3) is 0 Å². The summed E-state index contributed by atoms with van der Waals surface area (Å²) in [5, 5.41) is 3.71. The number of sulfonamides is 1. The lowest BCUT2D eigenvalue weighted by Gasteiger charge is -2.26. The van der Waals surface area contributed by atoms with Gasteiger partial charge in [0.2, 0.25) is 10.0 Å². The van der Waals surface area contributed by atoms with Crippen LogP contribution in [0.3, 0.4) is 0 Å². The third kappa shape index (κ3) is 3.29. The molecule has 8 heteroatoms. The summed E-state index contributed by atoms with van der Waals surface area (Å²) in [4.78, 5) is 0.189. The highest BCUT2D eigenvalue weighted by Crippen LogP contribution is 2.26. The fraction of sp³-hybridized carbons (Fsp3) is 0.400. The monoisotopic (exact) mass is 330 g/mol. The van der Waals surface area contributed by atoms with Crippen molar-refractivity contribution in [3.63, 3.8) is 0 Å². The summed E-state index contributed by atoms with van der Waals surface area (Å²) in [6, 6.07) is 4.37. The molecule has 1 saturated heterocycles. The van der Waals surface area contributed by atoms with Gasteiger partial charge in [-0.15, -0.1) is 12.4 Å². The van der Waals surface area contributed by atoms with Crippen molar-refractivity contribution in [1.29, 1.82) is 0 Å². The average molecular weight is 332 g/mol. The van der Waals surface area contributed by atoms with Crippen molar-refractivity contribution in [1.82, 2.24) is 9.62 Å². The fourth-order valence-electron chi connectivity index (χ4n) is 1.67. The second-order valence-corrected chi connectivity index (χ2v) is 6.48. The molecule has 0 unspecified atom stereocenters. The van der Waals surface area contributed by atoms with Gasteiger partial charge in [-0.05, 0) is 18.2 Å². The Morgan fingerprint density at radius 1 is 1.11 bits per heavy atom. The first-order valence-electron chi connectivity index (χ1n) is 5.18. The number of nitrogens with zero attached hydrogens (tertiary/aromatic N) is 1. The minimum absolute atomic E-state index is 0. The second-order valence-electron chi connectivity index (χ2n) is 3.73. The van der Waals surface area contributed by atoms with E-state index >= 15 is 0 Å². The zero-order chi connectivity index (χ0) is 12.5. The van der Waals surface area contributed by atoms with Crippen LogP contribution in [0.4, 0.5) is 0 Å². The SMILES string of the molecule is Cl.O=S(=O)(c1ccc(Cl)c(Cl)c1)N1CCNCC1. The lowest BCUT2D eigenvalue weighted by Crippen LogP contribution is -2.46. The summed E-state index contributed by atoms with van der Waals surface area (Å²) >= 11 is 11.6. The van der Waals surface area contributed by atoms with Crippen LogP contribution in [-0.2, 0) is 10.0 Å². The van der Waals surface area contributed by atoms with E-state index in [-0.39, 0.29) is 22.3 Å².